The summed E-state index contributed by atoms with van der Waals surface area (Å²) in [4.78, 5) is 18.5. The van der Waals surface area contributed by atoms with Crippen LogP contribution in [0.5, 0.6) is 11.5 Å². The molecule has 0 unspecified atom stereocenters. The Bertz CT molecular complexity index is 958. The summed E-state index contributed by atoms with van der Waals surface area (Å²) in [5, 5.41) is 3.98. The van der Waals surface area contributed by atoms with Crippen molar-refractivity contribution in [1.82, 2.24) is 15.0 Å². The molecule has 1 heterocycles. The van der Waals surface area contributed by atoms with Gasteiger partial charge in [-0.15, -0.1) is 0 Å². The largest absolute Gasteiger partial charge is 0.493 e. The van der Waals surface area contributed by atoms with Gasteiger partial charge in [0.15, 0.2) is 11.5 Å². The highest BCUT2D eigenvalue weighted by atomic mass is 79.9. The summed E-state index contributed by atoms with van der Waals surface area (Å²) in [6.07, 6.45) is 0. The third-order valence-corrected chi connectivity index (χ3v) is 4.39. The number of methoxy groups -OCH3 is 2. The van der Waals surface area contributed by atoms with Gasteiger partial charge >= 0.3 is 0 Å². The van der Waals surface area contributed by atoms with Crippen molar-refractivity contribution in [3.8, 4) is 22.9 Å². The van der Waals surface area contributed by atoms with Crippen molar-refractivity contribution in [2.45, 2.75) is 6.54 Å². The fourth-order valence-electron chi connectivity index (χ4n) is 2.53. The van der Waals surface area contributed by atoms with Crippen molar-refractivity contribution in [2.75, 3.05) is 21.3 Å². The molecule has 0 spiro atoms. The number of rotatable bonds is 6. The van der Waals surface area contributed by atoms with Gasteiger partial charge in [0.05, 0.1) is 20.8 Å². The van der Waals surface area contributed by atoms with Crippen molar-refractivity contribution >= 4 is 21.8 Å². The average Bonchev–Trinajstić information content (AvgIpc) is 3.15. The van der Waals surface area contributed by atoms with Gasteiger partial charge in [0.1, 0.15) is 0 Å². The third-order valence-electron chi connectivity index (χ3n) is 3.90. The lowest BCUT2D eigenvalue weighted by molar-refractivity contribution is 0.0769. The third kappa shape index (κ3) is 4.28. The summed E-state index contributed by atoms with van der Waals surface area (Å²) in [5.41, 5.74) is 1.30. The number of carbonyl (C=O) groups excluding carboxylic acids is 1. The van der Waals surface area contributed by atoms with Crippen LogP contribution in [0.1, 0.15) is 16.2 Å². The molecule has 27 heavy (non-hydrogen) atoms. The SMILES string of the molecule is COc1ccc(C(=O)N(C)Cc2nc(-c3cccc(Br)c3)no2)cc1OC. The van der Waals surface area contributed by atoms with E-state index in [2.05, 4.69) is 26.1 Å². The first-order valence-corrected chi connectivity index (χ1v) is 8.87. The molecule has 1 aromatic heterocycles. The van der Waals surface area contributed by atoms with E-state index < -0.39 is 0 Å². The topological polar surface area (TPSA) is 77.7 Å². The standard InChI is InChI=1S/C19H18BrN3O4/c1-23(19(24)13-7-8-15(25-2)16(10-13)26-3)11-17-21-18(22-27-17)12-5-4-6-14(20)9-12/h4-10H,11H2,1-3H3. The van der Waals surface area contributed by atoms with Gasteiger partial charge in [-0.25, -0.2) is 0 Å². The number of nitrogens with zero attached hydrogens (tertiary/aromatic N) is 3. The summed E-state index contributed by atoms with van der Waals surface area (Å²) < 4.78 is 16.6. The maximum absolute atomic E-state index is 12.7. The Balaban J connectivity index is 1.74. The number of hydrogen-bond acceptors (Lipinski definition) is 6. The molecule has 1 amide bonds. The molecule has 8 heteroatoms. The van der Waals surface area contributed by atoms with E-state index >= 15 is 0 Å². The lowest BCUT2D eigenvalue weighted by Gasteiger charge is -2.16. The quantitative estimate of drug-likeness (QED) is 0.590. The van der Waals surface area contributed by atoms with E-state index in [9.17, 15) is 4.79 Å². The summed E-state index contributed by atoms with van der Waals surface area (Å²) in [6.45, 7) is 0.189. The molecule has 3 rings (SSSR count). The van der Waals surface area contributed by atoms with Crippen LogP contribution in [0.2, 0.25) is 0 Å². The summed E-state index contributed by atoms with van der Waals surface area (Å²) in [5.74, 6) is 1.68. The number of halogens is 1. The molecule has 0 saturated carbocycles. The Morgan fingerprint density at radius 3 is 2.63 bits per heavy atom. The maximum Gasteiger partial charge on any atom is 0.254 e. The highest BCUT2D eigenvalue weighted by molar-refractivity contribution is 9.10. The predicted octanol–water partition coefficient (Wildman–Crippen LogP) is 3.79. The van der Waals surface area contributed by atoms with Gasteiger partial charge in [0.25, 0.3) is 5.91 Å². The molecule has 0 bridgehead atoms. The molecule has 7 nitrogen and oxygen atoms in total. The second kappa shape index (κ2) is 8.22. The van der Waals surface area contributed by atoms with Crippen LogP contribution in [0.15, 0.2) is 51.5 Å². The number of ether oxygens (including phenoxy) is 2. The molecule has 0 atom stereocenters. The number of hydrogen-bond donors (Lipinski definition) is 0. The van der Waals surface area contributed by atoms with E-state index in [4.69, 9.17) is 14.0 Å². The van der Waals surface area contributed by atoms with Crippen LogP contribution >= 0.6 is 15.9 Å². The normalized spacial score (nSPS) is 10.5. The summed E-state index contributed by atoms with van der Waals surface area (Å²) in [7, 11) is 4.74. The van der Waals surface area contributed by atoms with E-state index in [1.165, 1.54) is 12.0 Å². The first kappa shape index (κ1) is 18.9. The number of amides is 1. The Hall–Kier alpha value is -2.87. The van der Waals surface area contributed by atoms with Gasteiger partial charge in [0.2, 0.25) is 11.7 Å². The van der Waals surface area contributed by atoms with E-state index in [-0.39, 0.29) is 12.5 Å². The van der Waals surface area contributed by atoms with E-state index in [0.29, 0.717) is 28.8 Å². The number of benzene rings is 2. The second-order valence-corrected chi connectivity index (χ2v) is 6.67. The van der Waals surface area contributed by atoms with Crippen LogP contribution in [0.4, 0.5) is 0 Å². The van der Waals surface area contributed by atoms with E-state index in [1.54, 1.807) is 32.4 Å². The first-order chi connectivity index (χ1) is 13.0. The van der Waals surface area contributed by atoms with Crippen LogP contribution in [0.25, 0.3) is 11.4 Å². The molecular formula is C19H18BrN3O4. The predicted molar refractivity (Wildman–Crippen MR) is 103 cm³/mol. The Labute approximate surface area is 165 Å². The summed E-state index contributed by atoms with van der Waals surface area (Å²) >= 11 is 3.42. The van der Waals surface area contributed by atoms with Crippen molar-refractivity contribution in [3.63, 3.8) is 0 Å². The smallest absolute Gasteiger partial charge is 0.254 e. The molecule has 0 fully saturated rings. The molecule has 0 aliphatic heterocycles. The van der Waals surface area contributed by atoms with Crippen molar-refractivity contribution in [1.29, 1.82) is 0 Å². The van der Waals surface area contributed by atoms with Crippen molar-refractivity contribution in [3.05, 3.63) is 58.4 Å². The molecule has 140 valence electrons. The molecule has 0 saturated heterocycles. The minimum absolute atomic E-state index is 0.189. The van der Waals surface area contributed by atoms with Crippen LogP contribution < -0.4 is 9.47 Å². The minimum Gasteiger partial charge on any atom is -0.493 e. The lowest BCUT2D eigenvalue weighted by Crippen LogP contribution is -2.26. The van der Waals surface area contributed by atoms with Gasteiger partial charge < -0.3 is 18.9 Å². The van der Waals surface area contributed by atoms with Crippen LogP contribution in [-0.2, 0) is 6.54 Å². The molecule has 0 N–H and O–H groups in total. The van der Waals surface area contributed by atoms with Gasteiger partial charge in [0, 0.05) is 22.6 Å². The van der Waals surface area contributed by atoms with E-state index in [0.717, 1.165) is 10.0 Å². The molecule has 0 aliphatic rings. The maximum atomic E-state index is 12.7. The van der Waals surface area contributed by atoms with E-state index in [1.807, 2.05) is 24.3 Å². The van der Waals surface area contributed by atoms with Crippen LogP contribution in [0.3, 0.4) is 0 Å². The second-order valence-electron chi connectivity index (χ2n) is 5.75. The fourth-order valence-corrected chi connectivity index (χ4v) is 2.93. The van der Waals surface area contributed by atoms with Crippen LogP contribution in [0, 0.1) is 0 Å². The molecule has 3 aromatic rings. The Morgan fingerprint density at radius 1 is 1.15 bits per heavy atom. The Kier molecular flexibility index (Phi) is 5.75. The number of aromatic nitrogens is 2. The number of carbonyl (C=O) groups is 1. The lowest BCUT2D eigenvalue weighted by atomic mass is 10.1. The fraction of sp³-hybridized carbons (Fsp3) is 0.211. The zero-order chi connectivity index (χ0) is 19.4. The highest BCUT2D eigenvalue weighted by Gasteiger charge is 2.18. The van der Waals surface area contributed by atoms with Gasteiger partial charge in [-0.1, -0.05) is 33.2 Å². The van der Waals surface area contributed by atoms with Gasteiger partial charge in [-0.3, -0.25) is 4.79 Å². The van der Waals surface area contributed by atoms with Crippen molar-refractivity contribution < 1.29 is 18.8 Å². The van der Waals surface area contributed by atoms with Crippen molar-refractivity contribution in [2.24, 2.45) is 0 Å². The minimum atomic E-state index is -0.196. The Morgan fingerprint density at radius 2 is 1.93 bits per heavy atom. The highest BCUT2D eigenvalue weighted by Crippen LogP contribution is 2.28. The zero-order valence-electron chi connectivity index (χ0n) is 15.1. The first-order valence-electron chi connectivity index (χ1n) is 8.08. The summed E-state index contributed by atoms with van der Waals surface area (Å²) in [6, 6.07) is 12.6. The van der Waals surface area contributed by atoms with Gasteiger partial charge in [-0.2, -0.15) is 4.98 Å². The molecular weight excluding hydrogens is 414 g/mol. The van der Waals surface area contributed by atoms with Crippen LogP contribution in [-0.4, -0.2) is 42.2 Å². The zero-order valence-corrected chi connectivity index (χ0v) is 16.7. The molecule has 0 radical (unpaired) electrons. The average molecular weight is 432 g/mol. The monoisotopic (exact) mass is 431 g/mol. The van der Waals surface area contributed by atoms with Gasteiger partial charge in [-0.05, 0) is 30.3 Å². The molecule has 2 aromatic carbocycles. The molecule has 0 aliphatic carbocycles.